The van der Waals surface area contributed by atoms with Crippen LogP contribution in [0.15, 0.2) is 54.6 Å². The van der Waals surface area contributed by atoms with Crippen LogP contribution in [0.2, 0.25) is 0 Å². The van der Waals surface area contributed by atoms with Gasteiger partial charge < -0.3 is 4.90 Å². The van der Waals surface area contributed by atoms with Crippen LogP contribution in [0.5, 0.6) is 0 Å². The van der Waals surface area contributed by atoms with Crippen LogP contribution in [0.25, 0.3) is 0 Å². The van der Waals surface area contributed by atoms with Gasteiger partial charge in [0.25, 0.3) is 11.8 Å². The molecule has 1 saturated heterocycles. The summed E-state index contributed by atoms with van der Waals surface area (Å²) >= 11 is 0. The predicted octanol–water partition coefficient (Wildman–Crippen LogP) is 1.19. The van der Waals surface area contributed by atoms with Gasteiger partial charge in [-0.05, 0) is 36.5 Å². The first kappa shape index (κ1) is 18.5. The van der Waals surface area contributed by atoms with Crippen molar-refractivity contribution in [1.29, 1.82) is 0 Å². The lowest BCUT2D eigenvalue weighted by Crippen LogP contribution is -2.52. The van der Waals surface area contributed by atoms with Gasteiger partial charge in [-0.25, -0.2) is 10.9 Å². The van der Waals surface area contributed by atoms with Crippen LogP contribution in [-0.2, 0) is 16.0 Å². The van der Waals surface area contributed by atoms with Crippen LogP contribution in [0.4, 0.5) is 5.69 Å². The monoisotopic (exact) mass is 379 g/mol. The number of hydrogen-bond donors (Lipinski definition) is 4. The summed E-state index contributed by atoms with van der Waals surface area (Å²) in [5.74, 6) is -0.478. The molecule has 0 aromatic heterocycles. The lowest BCUT2D eigenvalue weighted by molar-refractivity contribution is -0.129. The number of nitrogens with one attached hydrogen (secondary N) is 4. The van der Waals surface area contributed by atoms with Gasteiger partial charge in [0.1, 0.15) is 6.04 Å². The molecule has 2 heterocycles. The maximum atomic E-state index is 12.4. The van der Waals surface area contributed by atoms with Crippen molar-refractivity contribution in [2.24, 2.45) is 0 Å². The molecule has 0 aliphatic carbocycles. The third kappa shape index (κ3) is 4.16. The van der Waals surface area contributed by atoms with E-state index in [0.717, 1.165) is 30.6 Å². The lowest BCUT2D eigenvalue weighted by atomic mass is 10.0. The number of carbonyl (C=O) groups excluding carboxylic acids is 2. The summed E-state index contributed by atoms with van der Waals surface area (Å²) in [5.41, 5.74) is 14.7. The first-order valence-electron chi connectivity index (χ1n) is 9.68. The first-order valence-corrected chi connectivity index (χ1v) is 9.68. The molecule has 2 aliphatic rings. The average Bonchev–Trinajstić information content (AvgIpc) is 3.23. The molecule has 7 nitrogen and oxygen atoms in total. The van der Waals surface area contributed by atoms with Gasteiger partial charge in [0.05, 0.1) is 6.54 Å². The maximum Gasteiger partial charge on any atom is 0.257 e. The number of para-hydroxylation sites is 1. The molecule has 4 N–H and O–H groups in total. The Kier molecular flexibility index (Phi) is 5.55. The summed E-state index contributed by atoms with van der Waals surface area (Å²) in [6.45, 7) is 1.06. The normalized spacial score (nSPS) is 21.1. The van der Waals surface area contributed by atoms with Crippen LogP contribution in [0.1, 0.15) is 30.0 Å². The summed E-state index contributed by atoms with van der Waals surface area (Å²) in [5, 5.41) is 0. The van der Waals surface area contributed by atoms with E-state index in [1.807, 2.05) is 48.5 Å². The second-order valence-electron chi connectivity index (χ2n) is 7.23. The minimum absolute atomic E-state index is 0.0671. The molecule has 146 valence electrons. The molecule has 0 radical (unpaired) electrons. The molecule has 28 heavy (non-hydrogen) atoms. The Morgan fingerprint density at radius 1 is 1.00 bits per heavy atom. The van der Waals surface area contributed by atoms with Crippen molar-refractivity contribution in [3.05, 3.63) is 65.7 Å². The first-order chi connectivity index (χ1) is 13.7. The molecule has 2 aliphatic heterocycles. The Morgan fingerprint density at radius 2 is 1.79 bits per heavy atom. The SMILES string of the molecule is O=C(CN1CCCc2ccccc21)NNC(=O)C1CC(c2ccccc2)NN1. The van der Waals surface area contributed by atoms with E-state index in [1.54, 1.807) is 0 Å². The van der Waals surface area contributed by atoms with E-state index in [4.69, 9.17) is 0 Å². The Labute approximate surface area is 164 Å². The number of hydrogen-bond acceptors (Lipinski definition) is 5. The number of fused-ring (bicyclic) bond motifs is 1. The largest absolute Gasteiger partial charge is 0.362 e. The van der Waals surface area contributed by atoms with Crippen LogP contribution in [0.3, 0.4) is 0 Å². The molecule has 2 aromatic carbocycles. The molecular formula is C21H25N5O2. The van der Waals surface area contributed by atoms with E-state index in [2.05, 4.69) is 32.7 Å². The highest BCUT2D eigenvalue weighted by atomic mass is 16.2. The maximum absolute atomic E-state index is 12.4. The molecule has 2 amide bonds. The summed E-state index contributed by atoms with van der Waals surface area (Å²) in [4.78, 5) is 26.8. The molecule has 2 atom stereocenters. The quantitative estimate of drug-likeness (QED) is 0.600. The van der Waals surface area contributed by atoms with E-state index in [9.17, 15) is 9.59 Å². The van der Waals surface area contributed by atoms with Gasteiger partial charge in [0, 0.05) is 18.3 Å². The number of nitrogens with zero attached hydrogens (tertiary/aromatic N) is 1. The number of benzene rings is 2. The molecule has 2 aromatic rings. The summed E-state index contributed by atoms with van der Waals surface area (Å²) < 4.78 is 0. The molecule has 0 saturated carbocycles. The van der Waals surface area contributed by atoms with E-state index >= 15 is 0 Å². The van der Waals surface area contributed by atoms with Gasteiger partial charge in [-0.15, -0.1) is 0 Å². The van der Waals surface area contributed by atoms with Gasteiger partial charge in [0.15, 0.2) is 0 Å². The molecule has 1 fully saturated rings. The van der Waals surface area contributed by atoms with E-state index in [-0.39, 0.29) is 24.4 Å². The summed E-state index contributed by atoms with van der Waals surface area (Å²) in [7, 11) is 0. The van der Waals surface area contributed by atoms with Crippen molar-refractivity contribution in [2.45, 2.75) is 31.3 Å². The lowest BCUT2D eigenvalue weighted by Gasteiger charge is -2.30. The van der Waals surface area contributed by atoms with Gasteiger partial charge in [-0.2, -0.15) is 0 Å². The Hall–Kier alpha value is -2.90. The fourth-order valence-electron chi connectivity index (χ4n) is 3.84. The fraction of sp³-hybridized carbons (Fsp3) is 0.333. The minimum atomic E-state index is -0.402. The number of anilines is 1. The van der Waals surface area contributed by atoms with Gasteiger partial charge in [0.2, 0.25) is 0 Å². The highest BCUT2D eigenvalue weighted by molar-refractivity contribution is 5.87. The molecule has 0 bridgehead atoms. The van der Waals surface area contributed by atoms with Crippen LogP contribution in [0, 0.1) is 0 Å². The van der Waals surface area contributed by atoms with Crippen molar-refractivity contribution < 1.29 is 9.59 Å². The number of hydrazine groups is 2. The zero-order chi connectivity index (χ0) is 19.3. The van der Waals surface area contributed by atoms with Crippen LogP contribution in [-0.4, -0.2) is 30.9 Å². The van der Waals surface area contributed by atoms with Gasteiger partial charge in [-0.1, -0.05) is 48.5 Å². The zero-order valence-electron chi connectivity index (χ0n) is 15.7. The van der Waals surface area contributed by atoms with Gasteiger partial charge in [-0.3, -0.25) is 20.4 Å². The van der Waals surface area contributed by atoms with Crippen molar-refractivity contribution in [2.75, 3.05) is 18.0 Å². The third-order valence-electron chi connectivity index (χ3n) is 5.29. The topological polar surface area (TPSA) is 85.5 Å². The minimum Gasteiger partial charge on any atom is -0.362 e. The Morgan fingerprint density at radius 3 is 2.64 bits per heavy atom. The van der Waals surface area contributed by atoms with Crippen molar-refractivity contribution in [1.82, 2.24) is 21.7 Å². The number of aryl methyl sites for hydroxylation is 1. The second-order valence-corrected chi connectivity index (χ2v) is 7.23. The van der Waals surface area contributed by atoms with Gasteiger partial charge >= 0.3 is 0 Å². The molecule has 2 unspecified atom stereocenters. The number of rotatable bonds is 4. The van der Waals surface area contributed by atoms with Crippen LogP contribution >= 0.6 is 0 Å². The summed E-state index contributed by atoms with van der Waals surface area (Å²) in [6, 6.07) is 17.8. The summed E-state index contributed by atoms with van der Waals surface area (Å²) in [6.07, 6.45) is 2.67. The van der Waals surface area contributed by atoms with Crippen molar-refractivity contribution in [3.63, 3.8) is 0 Å². The molecule has 7 heteroatoms. The molecule has 4 rings (SSSR count). The molecular weight excluding hydrogens is 354 g/mol. The van der Waals surface area contributed by atoms with E-state index < -0.39 is 6.04 Å². The van der Waals surface area contributed by atoms with E-state index in [0.29, 0.717) is 6.42 Å². The smallest absolute Gasteiger partial charge is 0.257 e. The Balaban J connectivity index is 1.26. The highest BCUT2D eigenvalue weighted by Gasteiger charge is 2.30. The number of amides is 2. The third-order valence-corrected chi connectivity index (χ3v) is 5.29. The fourth-order valence-corrected chi connectivity index (χ4v) is 3.84. The highest BCUT2D eigenvalue weighted by Crippen LogP contribution is 2.26. The molecule has 0 spiro atoms. The zero-order valence-corrected chi connectivity index (χ0v) is 15.7. The van der Waals surface area contributed by atoms with Crippen LogP contribution < -0.4 is 26.6 Å². The standard InChI is InChI=1S/C21H25N5O2/c27-20(14-26-12-6-10-16-9-4-5-11-19(16)26)24-25-21(28)18-13-17(22-23-18)15-7-2-1-3-8-15/h1-5,7-9,11,17-18,22-23H,6,10,12-14H2,(H,24,27)(H,25,28). The Bertz CT molecular complexity index is 842. The average molecular weight is 379 g/mol. The van der Waals surface area contributed by atoms with E-state index in [1.165, 1.54) is 5.56 Å². The second kappa shape index (κ2) is 8.41. The van der Waals surface area contributed by atoms with Crippen molar-refractivity contribution in [3.8, 4) is 0 Å². The number of carbonyl (C=O) groups is 2. The van der Waals surface area contributed by atoms with Crippen molar-refractivity contribution >= 4 is 17.5 Å². The predicted molar refractivity (Wildman–Crippen MR) is 107 cm³/mol.